The summed E-state index contributed by atoms with van der Waals surface area (Å²) in [6, 6.07) is 10.2. The van der Waals surface area contributed by atoms with Gasteiger partial charge in [0.05, 0.1) is 0 Å². The molecule has 1 aromatic carbocycles. The minimum atomic E-state index is -0.328. The molecule has 2 nitrogen and oxygen atoms in total. The Kier molecular flexibility index (Phi) is 5.66. The number of benzene rings is 1. The Morgan fingerprint density at radius 2 is 2.12 bits per heavy atom. The third kappa shape index (κ3) is 4.99. The zero-order valence-corrected chi connectivity index (χ0v) is 11.1. The Morgan fingerprint density at radius 3 is 2.75 bits per heavy atom. The Labute approximate surface area is 102 Å². The standard InChI is InChI=1S/C13H14O2Se/c1-3-15-13(14)10-9-11(2)16-12-7-5-4-6-8-12/h4-8,10H,3H2,1-2H3. The van der Waals surface area contributed by atoms with Crippen molar-refractivity contribution in [2.75, 3.05) is 6.61 Å². The van der Waals surface area contributed by atoms with Gasteiger partial charge in [0.25, 0.3) is 0 Å². The number of esters is 1. The molecule has 0 saturated heterocycles. The maximum absolute atomic E-state index is 11.1. The average Bonchev–Trinajstić information content (AvgIpc) is 2.28. The van der Waals surface area contributed by atoms with Crippen LogP contribution in [0.1, 0.15) is 13.8 Å². The molecule has 0 amide bonds. The molecule has 0 aliphatic rings. The summed E-state index contributed by atoms with van der Waals surface area (Å²) in [6.45, 7) is 4.17. The molecule has 1 rings (SSSR count). The van der Waals surface area contributed by atoms with Crippen molar-refractivity contribution < 1.29 is 9.53 Å². The predicted octanol–water partition coefficient (Wildman–Crippen LogP) is 1.64. The van der Waals surface area contributed by atoms with Gasteiger partial charge in [-0.05, 0) is 0 Å². The first kappa shape index (κ1) is 12.8. The van der Waals surface area contributed by atoms with Crippen LogP contribution in [-0.2, 0) is 9.53 Å². The number of rotatable bonds is 4. The van der Waals surface area contributed by atoms with Crippen LogP contribution in [0.3, 0.4) is 0 Å². The second kappa shape index (κ2) is 7.08. The molecule has 16 heavy (non-hydrogen) atoms. The molecule has 84 valence electrons. The number of ether oxygens (including phenoxy) is 1. The van der Waals surface area contributed by atoms with E-state index in [0.29, 0.717) is 6.61 Å². The number of hydrogen-bond acceptors (Lipinski definition) is 2. The first-order chi connectivity index (χ1) is 7.72. The van der Waals surface area contributed by atoms with Crippen molar-refractivity contribution in [2.45, 2.75) is 13.8 Å². The number of hydrogen-bond donors (Lipinski definition) is 0. The average molecular weight is 281 g/mol. The molecule has 0 aliphatic heterocycles. The van der Waals surface area contributed by atoms with Crippen molar-refractivity contribution in [3.05, 3.63) is 46.6 Å². The van der Waals surface area contributed by atoms with Crippen LogP contribution >= 0.6 is 0 Å². The summed E-state index contributed by atoms with van der Waals surface area (Å²) < 4.78 is 7.13. The van der Waals surface area contributed by atoms with E-state index in [1.165, 1.54) is 10.5 Å². The van der Waals surface area contributed by atoms with E-state index in [-0.39, 0.29) is 20.9 Å². The van der Waals surface area contributed by atoms with Gasteiger partial charge in [0.2, 0.25) is 0 Å². The van der Waals surface area contributed by atoms with E-state index in [1.54, 1.807) is 6.92 Å². The molecule has 0 radical (unpaired) electrons. The second-order valence-corrected chi connectivity index (χ2v) is 5.71. The Bertz CT molecular complexity index is 403. The number of carbonyl (C=O) groups is 1. The maximum atomic E-state index is 11.1. The van der Waals surface area contributed by atoms with Gasteiger partial charge in [-0.3, -0.25) is 0 Å². The van der Waals surface area contributed by atoms with Crippen molar-refractivity contribution >= 4 is 25.4 Å². The summed E-state index contributed by atoms with van der Waals surface area (Å²) in [6.07, 6.45) is 1.36. The minimum absolute atomic E-state index is 0.226. The van der Waals surface area contributed by atoms with E-state index in [2.05, 4.69) is 17.9 Å². The van der Waals surface area contributed by atoms with E-state index >= 15 is 0 Å². The summed E-state index contributed by atoms with van der Waals surface area (Å²) in [5.41, 5.74) is 2.96. The molecule has 0 bridgehead atoms. The van der Waals surface area contributed by atoms with Crippen molar-refractivity contribution in [2.24, 2.45) is 0 Å². The van der Waals surface area contributed by atoms with E-state index in [9.17, 15) is 4.79 Å². The molecule has 0 aliphatic carbocycles. The van der Waals surface area contributed by atoms with Gasteiger partial charge in [0, 0.05) is 0 Å². The van der Waals surface area contributed by atoms with Gasteiger partial charge in [-0.25, -0.2) is 0 Å². The normalized spacial score (nSPS) is 9.12. The Morgan fingerprint density at radius 1 is 1.44 bits per heavy atom. The molecule has 0 fully saturated rings. The van der Waals surface area contributed by atoms with Crippen LogP contribution in [0.2, 0.25) is 0 Å². The van der Waals surface area contributed by atoms with Crippen molar-refractivity contribution in [3.63, 3.8) is 0 Å². The topological polar surface area (TPSA) is 26.3 Å². The molecule has 0 unspecified atom stereocenters. The zero-order chi connectivity index (χ0) is 11.8. The monoisotopic (exact) mass is 282 g/mol. The molecular formula is C13H14O2Se. The van der Waals surface area contributed by atoms with E-state index in [1.807, 2.05) is 25.1 Å². The van der Waals surface area contributed by atoms with Crippen molar-refractivity contribution in [1.29, 1.82) is 0 Å². The SMILES string of the molecule is CCOC(=O)C=C=C(C)[Se]c1ccccc1. The Balaban J connectivity index is 2.61. The molecule has 0 spiro atoms. The quantitative estimate of drug-likeness (QED) is 0.363. The molecule has 1 aromatic rings. The summed E-state index contributed by atoms with van der Waals surface area (Å²) in [7, 11) is 0. The van der Waals surface area contributed by atoms with Crippen LogP contribution in [0.4, 0.5) is 0 Å². The fraction of sp³-hybridized carbons (Fsp3) is 0.231. The van der Waals surface area contributed by atoms with Gasteiger partial charge in [-0.15, -0.1) is 0 Å². The summed E-state index contributed by atoms with van der Waals surface area (Å²) in [5, 5.41) is 0. The first-order valence-corrected chi connectivity index (χ1v) is 6.76. The third-order valence-electron chi connectivity index (χ3n) is 1.69. The van der Waals surface area contributed by atoms with E-state index in [0.717, 1.165) is 4.47 Å². The fourth-order valence-corrected chi connectivity index (χ4v) is 2.64. The van der Waals surface area contributed by atoms with Crippen LogP contribution < -0.4 is 4.46 Å². The van der Waals surface area contributed by atoms with Crippen LogP contribution in [0.25, 0.3) is 0 Å². The van der Waals surface area contributed by atoms with Crippen molar-refractivity contribution in [1.82, 2.24) is 0 Å². The zero-order valence-electron chi connectivity index (χ0n) is 9.40. The van der Waals surface area contributed by atoms with Gasteiger partial charge in [-0.2, -0.15) is 0 Å². The molecular weight excluding hydrogens is 267 g/mol. The van der Waals surface area contributed by atoms with E-state index in [4.69, 9.17) is 4.74 Å². The summed E-state index contributed by atoms with van der Waals surface area (Å²) in [4.78, 5) is 11.1. The van der Waals surface area contributed by atoms with Crippen molar-refractivity contribution in [3.8, 4) is 0 Å². The summed E-state index contributed by atoms with van der Waals surface area (Å²) in [5.74, 6) is -0.328. The predicted molar refractivity (Wildman–Crippen MR) is 65.7 cm³/mol. The van der Waals surface area contributed by atoms with Gasteiger partial charge >= 0.3 is 102 Å². The van der Waals surface area contributed by atoms with E-state index < -0.39 is 0 Å². The van der Waals surface area contributed by atoms with Gasteiger partial charge in [0.15, 0.2) is 0 Å². The van der Waals surface area contributed by atoms with Gasteiger partial charge in [0.1, 0.15) is 0 Å². The molecule has 0 aromatic heterocycles. The van der Waals surface area contributed by atoms with Crippen LogP contribution in [0, 0.1) is 0 Å². The second-order valence-electron chi connectivity index (χ2n) is 3.01. The Hall–Kier alpha value is -1.27. The number of carbonyl (C=O) groups excluding carboxylic acids is 1. The third-order valence-corrected chi connectivity index (χ3v) is 3.65. The first-order valence-electron chi connectivity index (χ1n) is 5.05. The molecule has 0 N–H and O–H groups in total. The molecule has 0 atom stereocenters. The summed E-state index contributed by atoms with van der Waals surface area (Å²) >= 11 is 0.226. The molecule has 3 heteroatoms. The van der Waals surface area contributed by atoms with Crippen LogP contribution in [0.15, 0.2) is 46.6 Å². The van der Waals surface area contributed by atoms with Gasteiger partial charge < -0.3 is 0 Å². The van der Waals surface area contributed by atoms with Crippen LogP contribution in [0.5, 0.6) is 0 Å². The van der Waals surface area contributed by atoms with Gasteiger partial charge in [-0.1, -0.05) is 0 Å². The van der Waals surface area contributed by atoms with Crippen LogP contribution in [-0.4, -0.2) is 27.5 Å². The molecule has 0 saturated carbocycles. The molecule has 0 heterocycles. The fourth-order valence-electron chi connectivity index (χ4n) is 1.04.